The first-order valence-corrected chi connectivity index (χ1v) is 5.60. The summed E-state index contributed by atoms with van der Waals surface area (Å²) in [7, 11) is 0. The molecule has 0 fully saturated rings. The van der Waals surface area contributed by atoms with Crippen LogP contribution >= 0.6 is 11.6 Å². The van der Waals surface area contributed by atoms with Crippen LogP contribution in [0.2, 0.25) is 5.02 Å². The molecule has 3 rings (SSSR count). The molecule has 17 heavy (non-hydrogen) atoms. The second-order valence-electron chi connectivity index (χ2n) is 3.82. The lowest BCUT2D eigenvalue weighted by molar-refractivity contribution is 1.12. The van der Waals surface area contributed by atoms with Crippen LogP contribution in [0.3, 0.4) is 0 Å². The monoisotopic (exact) mass is 243 g/mol. The summed E-state index contributed by atoms with van der Waals surface area (Å²) >= 11 is 5.88. The van der Waals surface area contributed by atoms with E-state index in [0.717, 1.165) is 27.3 Å². The van der Waals surface area contributed by atoms with Crippen LogP contribution in [0.4, 0.5) is 5.69 Å². The molecule has 0 unspecified atom stereocenters. The molecule has 0 radical (unpaired) electrons. The maximum Gasteiger partial charge on any atom is 0.0734 e. The predicted octanol–water partition coefficient (Wildman–Crippen LogP) is 3.26. The Labute approximate surface area is 103 Å². The molecule has 1 aromatic carbocycles. The Morgan fingerprint density at radius 2 is 1.88 bits per heavy atom. The summed E-state index contributed by atoms with van der Waals surface area (Å²) in [6, 6.07) is 9.53. The van der Waals surface area contributed by atoms with Crippen LogP contribution in [0.1, 0.15) is 0 Å². The van der Waals surface area contributed by atoms with E-state index in [2.05, 4.69) is 4.98 Å². The molecule has 0 aliphatic rings. The van der Waals surface area contributed by atoms with Crippen LogP contribution in [0, 0.1) is 0 Å². The molecule has 2 heterocycles. The van der Waals surface area contributed by atoms with Gasteiger partial charge in [0.15, 0.2) is 0 Å². The average molecular weight is 244 g/mol. The summed E-state index contributed by atoms with van der Waals surface area (Å²) in [5.41, 5.74) is 8.73. The standard InChI is InChI=1S/C13H10ClN3/c14-9-1-3-10(4-2-9)17-8-12(15)11-5-6-16-7-13(11)17/h1-8H,15H2. The van der Waals surface area contributed by atoms with E-state index in [-0.39, 0.29) is 0 Å². The van der Waals surface area contributed by atoms with Gasteiger partial charge in [0.25, 0.3) is 0 Å². The molecule has 3 aromatic rings. The van der Waals surface area contributed by atoms with Crippen molar-refractivity contribution < 1.29 is 0 Å². The first-order valence-electron chi connectivity index (χ1n) is 5.22. The number of aromatic nitrogens is 2. The van der Waals surface area contributed by atoms with Gasteiger partial charge in [0.1, 0.15) is 0 Å². The zero-order valence-corrected chi connectivity index (χ0v) is 9.72. The largest absolute Gasteiger partial charge is 0.397 e. The lowest BCUT2D eigenvalue weighted by Gasteiger charge is -2.04. The van der Waals surface area contributed by atoms with Gasteiger partial charge in [0.2, 0.25) is 0 Å². The number of hydrogen-bond acceptors (Lipinski definition) is 2. The number of anilines is 1. The van der Waals surface area contributed by atoms with E-state index in [0.29, 0.717) is 0 Å². The van der Waals surface area contributed by atoms with Gasteiger partial charge in [0.05, 0.1) is 17.4 Å². The number of nitrogens with two attached hydrogens (primary N) is 1. The first kappa shape index (κ1) is 10.2. The smallest absolute Gasteiger partial charge is 0.0734 e. The van der Waals surface area contributed by atoms with Crippen molar-refractivity contribution in [3.8, 4) is 5.69 Å². The normalized spacial score (nSPS) is 10.9. The highest BCUT2D eigenvalue weighted by atomic mass is 35.5. The highest BCUT2D eigenvalue weighted by Gasteiger charge is 2.06. The number of pyridine rings is 1. The molecule has 0 saturated carbocycles. The summed E-state index contributed by atoms with van der Waals surface area (Å²) in [6.45, 7) is 0. The van der Waals surface area contributed by atoms with Crippen molar-refractivity contribution in [3.05, 3.63) is 53.9 Å². The Morgan fingerprint density at radius 1 is 1.12 bits per heavy atom. The SMILES string of the molecule is Nc1cn(-c2ccc(Cl)cc2)c2cnccc12. The molecule has 0 aliphatic carbocycles. The molecular formula is C13H10ClN3. The topological polar surface area (TPSA) is 43.8 Å². The van der Waals surface area contributed by atoms with Gasteiger partial charge >= 0.3 is 0 Å². The fourth-order valence-electron chi connectivity index (χ4n) is 1.92. The van der Waals surface area contributed by atoms with Crippen molar-refractivity contribution >= 4 is 28.2 Å². The molecular weight excluding hydrogens is 234 g/mol. The maximum atomic E-state index is 5.97. The van der Waals surface area contributed by atoms with Gasteiger partial charge in [-0.1, -0.05) is 11.6 Å². The van der Waals surface area contributed by atoms with Crippen molar-refractivity contribution in [2.24, 2.45) is 0 Å². The van der Waals surface area contributed by atoms with E-state index in [1.807, 2.05) is 41.1 Å². The van der Waals surface area contributed by atoms with Crippen LogP contribution in [-0.2, 0) is 0 Å². The first-order chi connectivity index (χ1) is 8.25. The van der Waals surface area contributed by atoms with Crippen LogP contribution in [0.15, 0.2) is 48.9 Å². The van der Waals surface area contributed by atoms with E-state index in [1.54, 1.807) is 12.4 Å². The summed E-state index contributed by atoms with van der Waals surface area (Å²) in [5, 5.41) is 1.73. The second-order valence-corrected chi connectivity index (χ2v) is 4.26. The molecule has 0 amide bonds. The number of nitrogens with zero attached hydrogens (tertiary/aromatic N) is 2. The van der Waals surface area contributed by atoms with Crippen molar-refractivity contribution in [3.63, 3.8) is 0 Å². The van der Waals surface area contributed by atoms with Gasteiger partial charge in [-0.3, -0.25) is 4.98 Å². The van der Waals surface area contributed by atoms with Crippen molar-refractivity contribution in [2.75, 3.05) is 5.73 Å². The molecule has 2 aromatic heterocycles. The molecule has 0 atom stereocenters. The van der Waals surface area contributed by atoms with Crippen molar-refractivity contribution in [1.82, 2.24) is 9.55 Å². The van der Waals surface area contributed by atoms with Crippen LogP contribution in [-0.4, -0.2) is 9.55 Å². The third kappa shape index (κ3) is 1.65. The number of nitrogen functional groups attached to an aromatic ring is 1. The van der Waals surface area contributed by atoms with E-state index >= 15 is 0 Å². The summed E-state index contributed by atoms with van der Waals surface area (Å²) in [6.07, 6.45) is 5.45. The number of rotatable bonds is 1. The van der Waals surface area contributed by atoms with Gasteiger partial charge in [-0.2, -0.15) is 0 Å². The molecule has 0 saturated heterocycles. The maximum absolute atomic E-state index is 5.97. The Morgan fingerprint density at radius 3 is 2.65 bits per heavy atom. The molecule has 3 nitrogen and oxygen atoms in total. The van der Waals surface area contributed by atoms with Gasteiger partial charge in [-0.25, -0.2) is 0 Å². The third-order valence-electron chi connectivity index (χ3n) is 2.74. The number of halogens is 1. The fraction of sp³-hybridized carbons (Fsp3) is 0. The average Bonchev–Trinajstić information content (AvgIpc) is 2.69. The Hall–Kier alpha value is -2.00. The zero-order chi connectivity index (χ0) is 11.8. The van der Waals surface area contributed by atoms with E-state index in [9.17, 15) is 0 Å². The fourth-order valence-corrected chi connectivity index (χ4v) is 2.04. The van der Waals surface area contributed by atoms with Crippen molar-refractivity contribution in [1.29, 1.82) is 0 Å². The molecule has 0 spiro atoms. The lowest BCUT2D eigenvalue weighted by atomic mass is 10.3. The van der Waals surface area contributed by atoms with Gasteiger partial charge < -0.3 is 10.3 Å². The molecule has 84 valence electrons. The van der Waals surface area contributed by atoms with Gasteiger partial charge in [-0.15, -0.1) is 0 Å². The highest BCUT2D eigenvalue weighted by Crippen LogP contribution is 2.26. The van der Waals surface area contributed by atoms with Crippen LogP contribution < -0.4 is 5.73 Å². The number of fused-ring (bicyclic) bond motifs is 1. The van der Waals surface area contributed by atoms with Gasteiger partial charge in [-0.05, 0) is 30.3 Å². The van der Waals surface area contributed by atoms with Crippen LogP contribution in [0.5, 0.6) is 0 Å². The minimum Gasteiger partial charge on any atom is -0.397 e. The summed E-state index contributed by atoms with van der Waals surface area (Å²) in [4.78, 5) is 4.13. The molecule has 4 heteroatoms. The Balaban J connectivity index is 2.27. The van der Waals surface area contributed by atoms with Gasteiger partial charge in [0, 0.05) is 28.5 Å². The lowest BCUT2D eigenvalue weighted by Crippen LogP contribution is -1.91. The van der Waals surface area contributed by atoms with E-state index < -0.39 is 0 Å². The molecule has 0 bridgehead atoms. The summed E-state index contributed by atoms with van der Waals surface area (Å²) in [5.74, 6) is 0. The number of benzene rings is 1. The summed E-state index contributed by atoms with van der Waals surface area (Å²) < 4.78 is 2.01. The third-order valence-corrected chi connectivity index (χ3v) is 3.00. The quantitative estimate of drug-likeness (QED) is 0.713. The Kier molecular flexibility index (Phi) is 2.27. The number of hydrogen-bond donors (Lipinski definition) is 1. The molecule has 2 N–H and O–H groups in total. The Bertz CT molecular complexity index is 671. The van der Waals surface area contributed by atoms with E-state index in [4.69, 9.17) is 17.3 Å². The van der Waals surface area contributed by atoms with E-state index in [1.165, 1.54) is 0 Å². The predicted molar refractivity (Wildman–Crippen MR) is 70.5 cm³/mol. The highest BCUT2D eigenvalue weighted by molar-refractivity contribution is 6.30. The van der Waals surface area contributed by atoms with Crippen LogP contribution in [0.25, 0.3) is 16.6 Å². The van der Waals surface area contributed by atoms with Crippen molar-refractivity contribution in [2.45, 2.75) is 0 Å². The second kappa shape index (κ2) is 3.79. The molecule has 0 aliphatic heterocycles. The zero-order valence-electron chi connectivity index (χ0n) is 8.97. The minimum atomic E-state index is 0.719. The minimum absolute atomic E-state index is 0.719.